The minimum Gasteiger partial charge on any atom is -0.495 e. The first-order chi connectivity index (χ1) is 12.6. The predicted molar refractivity (Wildman–Crippen MR) is 101 cm³/mol. The van der Waals surface area contributed by atoms with E-state index in [1.54, 1.807) is 14.0 Å². The summed E-state index contributed by atoms with van der Waals surface area (Å²) in [6, 6.07) is 7.11. The molecule has 3 spiro atoms. The Morgan fingerprint density at radius 3 is 2.65 bits per heavy atom. The van der Waals surface area contributed by atoms with Crippen LogP contribution in [-0.2, 0) is 10.2 Å². The molecule has 0 radical (unpaired) electrons. The Morgan fingerprint density at radius 2 is 1.92 bits per heavy atom. The van der Waals surface area contributed by atoms with Gasteiger partial charge in [-0.1, -0.05) is 12.1 Å². The molecule has 5 fully saturated rings. The van der Waals surface area contributed by atoms with Gasteiger partial charge in [-0.05, 0) is 75.1 Å². The SMILES string of the molecule is COc1cccc2c1N(C(C)=O)C13CCC4(CCCN5CC[C@@]21[C@H]54)CC3. The van der Waals surface area contributed by atoms with E-state index in [9.17, 15) is 4.79 Å². The molecule has 1 aromatic carbocycles. The first kappa shape index (κ1) is 15.5. The summed E-state index contributed by atoms with van der Waals surface area (Å²) in [5.41, 5.74) is 3.05. The van der Waals surface area contributed by atoms with Crippen molar-refractivity contribution in [3.05, 3.63) is 23.8 Å². The molecular weight excluding hydrogens is 324 g/mol. The molecule has 4 heteroatoms. The van der Waals surface area contributed by atoms with Crippen LogP contribution in [0.5, 0.6) is 5.75 Å². The monoisotopic (exact) mass is 352 g/mol. The van der Waals surface area contributed by atoms with Crippen LogP contribution in [0.1, 0.15) is 57.4 Å². The average Bonchev–Trinajstić information content (AvgIpc) is 3.18. The molecule has 3 aliphatic heterocycles. The molecular formula is C22H28N2O2. The third-order valence-corrected chi connectivity index (χ3v) is 8.89. The fraction of sp³-hybridized carbons (Fsp3) is 0.682. The summed E-state index contributed by atoms with van der Waals surface area (Å²) >= 11 is 0. The third-order valence-electron chi connectivity index (χ3n) is 8.89. The van der Waals surface area contributed by atoms with Crippen LogP contribution in [0.4, 0.5) is 5.69 Å². The number of anilines is 1. The number of rotatable bonds is 1. The first-order valence-corrected chi connectivity index (χ1v) is 10.3. The number of nitrogens with zero attached hydrogens (tertiary/aromatic N) is 2. The molecule has 26 heavy (non-hydrogen) atoms. The van der Waals surface area contributed by atoms with E-state index in [1.165, 1.54) is 50.8 Å². The number of para-hydroxylation sites is 1. The summed E-state index contributed by atoms with van der Waals surface area (Å²) in [4.78, 5) is 18.0. The van der Waals surface area contributed by atoms with Gasteiger partial charge in [0.1, 0.15) is 5.75 Å². The Bertz CT molecular complexity index is 810. The van der Waals surface area contributed by atoms with Gasteiger partial charge in [-0.25, -0.2) is 0 Å². The molecule has 1 aromatic rings. The number of ether oxygens (including phenoxy) is 1. The quantitative estimate of drug-likeness (QED) is 0.776. The molecule has 6 aliphatic rings. The van der Waals surface area contributed by atoms with Crippen LogP contribution >= 0.6 is 0 Å². The number of piperidine rings is 1. The Hall–Kier alpha value is -1.55. The molecule has 1 amide bonds. The van der Waals surface area contributed by atoms with Crippen LogP contribution in [0.15, 0.2) is 18.2 Å². The minimum atomic E-state index is -0.0334. The smallest absolute Gasteiger partial charge is 0.224 e. The number of amides is 1. The van der Waals surface area contributed by atoms with Gasteiger partial charge < -0.3 is 9.64 Å². The van der Waals surface area contributed by atoms with Gasteiger partial charge in [0.2, 0.25) is 5.91 Å². The van der Waals surface area contributed by atoms with Gasteiger partial charge in [0, 0.05) is 18.4 Å². The van der Waals surface area contributed by atoms with Gasteiger partial charge in [-0.2, -0.15) is 0 Å². The van der Waals surface area contributed by atoms with Crippen molar-refractivity contribution in [1.29, 1.82) is 0 Å². The van der Waals surface area contributed by atoms with Crippen LogP contribution in [0.2, 0.25) is 0 Å². The van der Waals surface area contributed by atoms with Gasteiger partial charge in [-0.3, -0.25) is 9.69 Å². The molecule has 138 valence electrons. The zero-order valence-corrected chi connectivity index (χ0v) is 15.9. The number of hydrogen-bond donors (Lipinski definition) is 0. The van der Waals surface area contributed by atoms with Crippen molar-refractivity contribution >= 4 is 11.6 Å². The number of carbonyl (C=O) groups excluding carboxylic acids is 1. The predicted octanol–water partition coefficient (Wildman–Crippen LogP) is 3.48. The zero-order valence-electron chi connectivity index (χ0n) is 15.9. The van der Waals surface area contributed by atoms with Gasteiger partial charge in [0.15, 0.2) is 0 Å². The van der Waals surface area contributed by atoms with Crippen molar-refractivity contribution < 1.29 is 9.53 Å². The second-order valence-electron chi connectivity index (χ2n) is 9.37. The molecule has 2 saturated heterocycles. The number of fused-ring (bicyclic) bond motifs is 3. The summed E-state index contributed by atoms with van der Waals surface area (Å²) in [5.74, 6) is 1.07. The number of methoxy groups -OCH3 is 1. The highest BCUT2D eigenvalue weighted by atomic mass is 16.5. The van der Waals surface area contributed by atoms with Gasteiger partial charge in [0.25, 0.3) is 0 Å². The molecule has 0 aromatic heterocycles. The van der Waals surface area contributed by atoms with E-state index in [0.717, 1.165) is 24.3 Å². The topological polar surface area (TPSA) is 32.8 Å². The molecule has 4 nitrogen and oxygen atoms in total. The van der Waals surface area contributed by atoms with Crippen LogP contribution in [0, 0.1) is 5.41 Å². The Kier molecular flexibility index (Phi) is 2.77. The van der Waals surface area contributed by atoms with E-state index in [4.69, 9.17) is 4.74 Å². The molecule has 2 bridgehead atoms. The van der Waals surface area contributed by atoms with Gasteiger partial charge in [0.05, 0.1) is 18.3 Å². The van der Waals surface area contributed by atoms with Crippen LogP contribution in [-0.4, -0.2) is 42.6 Å². The molecule has 3 aliphatic carbocycles. The first-order valence-electron chi connectivity index (χ1n) is 10.3. The fourth-order valence-electron chi connectivity index (χ4n) is 8.34. The van der Waals surface area contributed by atoms with Crippen molar-refractivity contribution in [2.75, 3.05) is 25.1 Å². The molecule has 3 heterocycles. The van der Waals surface area contributed by atoms with Crippen molar-refractivity contribution in [3.63, 3.8) is 0 Å². The molecule has 7 rings (SSSR count). The van der Waals surface area contributed by atoms with Gasteiger partial charge in [-0.15, -0.1) is 0 Å². The number of benzene rings is 1. The summed E-state index contributed by atoms with van der Waals surface area (Å²) in [6.07, 6.45) is 8.82. The summed E-state index contributed by atoms with van der Waals surface area (Å²) in [6.45, 7) is 4.19. The highest BCUT2D eigenvalue weighted by molar-refractivity contribution is 5.99. The lowest BCUT2D eigenvalue weighted by molar-refractivity contribution is -0.128. The van der Waals surface area contributed by atoms with Crippen molar-refractivity contribution in [1.82, 2.24) is 4.90 Å². The standard InChI is InChI=1S/C22H28N2O2/c1-15(25)24-18-16(5-3-6-17(18)26-2)22-12-14-23-13-4-7-20(19(22)23)8-10-21(22,24)11-9-20/h3,5-6,19H,4,7-14H2,1-2H3/t19-,20?,21?,22+/m1/s1. The maximum atomic E-state index is 13.0. The molecule has 0 unspecified atom stereocenters. The molecule has 3 saturated carbocycles. The molecule has 0 N–H and O–H groups in total. The average molecular weight is 352 g/mol. The fourth-order valence-corrected chi connectivity index (χ4v) is 8.34. The van der Waals surface area contributed by atoms with Crippen molar-refractivity contribution in [2.45, 2.75) is 68.9 Å². The normalized spacial score (nSPS) is 42.4. The highest BCUT2D eigenvalue weighted by Crippen LogP contribution is 2.75. The largest absolute Gasteiger partial charge is 0.495 e. The van der Waals surface area contributed by atoms with E-state index in [1.807, 2.05) is 6.07 Å². The van der Waals surface area contributed by atoms with E-state index in [2.05, 4.69) is 21.9 Å². The Labute approximate surface area is 155 Å². The van der Waals surface area contributed by atoms with E-state index in [-0.39, 0.29) is 16.9 Å². The third kappa shape index (κ3) is 1.38. The number of hydrogen-bond acceptors (Lipinski definition) is 3. The Balaban J connectivity index is 1.69. The van der Waals surface area contributed by atoms with Crippen LogP contribution in [0.3, 0.4) is 0 Å². The van der Waals surface area contributed by atoms with Crippen LogP contribution in [0.25, 0.3) is 0 Å². The van der Waals surface area contributed by atoms with Crippen molar-refractivity contribution in [3.8, 4) is 5.75 Å². The maximum Gasteiger partial charge on any atom is 0.224 e. The maximum absolute atomic E-state index is 13.0. The lowest BCUT2D eigenvalue weighted by Gasteiger charge is -2.68. The van der Waals surface area contributed by atoms with E-state index in [0.29, 0.717) is 11.5 Å². The highest BCUT2D eigenvalue weighted by Gasteiger charge is 2.77. The number of carbonyl (C=O) groups is 1. The minimum absolute atomic E-state index is 0.0334. The lowest BCUT2D eigenvalue weighted by atomic mass is 9.41. The second-order valence-corrected chi connectivity index (χ2v) is 9.37. The Morgan fingerprint density at radius 1 is 1.12 bits per heavy atom. The van der Waals surface area contributed by atoms with Crippen LogP contribution < -0.4 is 9.64 Å². The zero-order chi connectivity index (χ0) is 17.7. The second kappa shape index (κ2) is 4.64. The van der Waals surface area contributed by atoms with Crippen molar-refractivity contribution in [2.24, 2.45) is 5.41 Å². The summed E-state index contributed by atoms with van der Waals surface area (Å²) in [5, 5.41) is 0. The summed E-state index contributed by atoms with van der Waals surface area (Å²) < 4.78 is 5.78. The summed E-state index contributed by atoms with van der Waals surface area (Å²) in [7, 11) is 1.74. The van der Waals surface area contributed by atoms with E-state index >= 15 is 0 Å². The molecule has 2 atom stereocenters. The van der Waals surface area contributed by atoms with E-state index < -0.39 is 0 Å². The lowest BCUT2D eigenvalue weighted by Crippen LogP contribution is -2.75. The van der Waals surface area contributed by atoms with Gasteiger partial charge >= 0.3 is 0 Å².